The van der Waals surface area contributed by atoms with E-state index in [1.165, 1.54) is 4.90 Å². The van der Waals surface area contributed by atoms with Gasteiger partial charge < -0.3 is 20.1 Å². The van der Waals surface area contributed by atoms with Crippen LogP contribution in [0.15, 0.2) is 18.2 Å². The van der Waals surface area contributed by atoms with E-state index < -0.39 is 11.6 Å². The lowest BCUT2D eigenvalue weighted by Crippen LogP contribution is -2.64. The summed E-state index contributed by atoms with van der Waals surface area (Å²) in [5.74, 6) is -1.03. The molecule has 0 aliphatic carbocycles. The van der Waals surface area contributed by atoms with Crippen molar-refractivity contribution in [3.8, 4) is 0 Å². The second-order valence-corrected chi connectivity index (χ2v) is 5.86. The number of carbonyl (C=O) groups is 2. The molecule has 1 aliphatic rings. The molecule has 21 heavy (non-hydrogen) atoms. The number of carbonyl (C=O) groups excluding carboxylic acids is 1. The van der Waals surface area contributed by atoms with Crippen LogP contribution in [0, 0.1) is 0 Å². The molecular weight excluding hydrogens is 319 g/mol. The quantitative estimate of drug-likeness (QED) is 0.888. The Kier molecular flexibility index (Phi) is 4.61. The van der Waals surface area contributed by atoms with Crippen molar-refractivity contribution in [2.24, 2.45) is 0 Å². The zero-order valence-corrected chi connectivity index (χ0v) is 12.7. The minimum atomic E-state index is -1.03. The highest BCUT2D eigenvalue weighted by atomic mass is 35.5. The smallest absolute Gasteiger partial charge is 0.329 e. The zero-order valence-electron chi connectivity index (χ0n) is 11.2. The molecule has 0 spiro atoms. The molecule has 2 N–H and O–H groups in total. The van der Waals surface area contributed by atoms with Crippen molar-refractivity contribution in [2.75, 3.05) is 25.0 Å². The first kappa shape index (κ1) is 15.9. The van der Waals surface area contributed by atoms with Crippen LogP contribution in [0.4, 0.5) is 10.5 Å². The van der Waals surface area contributed by atoms with E-state index in [1.54, 1.807) is 25.1 Å². The summed E-state index contributed by atoms with van der Waals surface area (Å²) in [6.45, 7) is 2.04. The summed E-state index contributed by atoms with van der Waals surface area (Å²) in [4.78, 5) is 24.0. The minimum Gasteiger partial charge on any atom is -0.480 e. The lowest BCUT2D eigenvalue weighted by atomic mass is 9.97. The summed E-state index contributed by atoms with van der Waals surface area (Å²) >= 11 is 11.7. The van der Waals surface area contributed by atoms with Gasteiger partial charge in [-0.05, 0) is 25.1 Å². The monoisotopic (exact) mass is 332 g/mol. The van der Waals surface area contributed by atoms with Gasteiger partial charge in [-0.15, -0.1) is 0 Å². The van der Waals surface area contributed by atoms with Crippen molar-refractivity contribution >= 4 is 40.9 Å². The van der Waals surface area contributed by atoms with Gasteiger partial charge in [0.2, 0.25) is 0 Å². The Morgan fingerprint density at radius 2 is 2.05 bits per heavy atom. The number of amides is 2. The molecule has 1 aromatic rings. The second-order valence-electron chi connectivity index (χ2n) is 5.05. The number of carboxylic acids is 1. The number of halogens is 2. The summed E-state index contributed by atoms with van der Waals surface area (Å²) in [5, 5.41) is 12.0. The van der Waals surface area contributed by atoms with Gasteiger partial charge in [0, 0.05) is 5.69 Å². The van der Waals surface area contributed by atoms with Crippen LogP contribution in [0.5, 0.6) is 0 Å². The van der Waals surface area contributed by atoms with E-state index in [0.717, 1.165) is 0 Å². The number of aliphatic carboxylic acids is 1. The predicted molar refractivity (Wildman–Crippen MR) is 79.0 cm³/mol. The Labute approximate surface area is 131 Å². The van der Waals surface area contributed by atoms with Gasteiger partial charge in [-0.1, -0.05) is 23.2 Å². The number of anilines is 1. The molecule has 0 saturated carbocycles. The largest absolute Gasteiger partial charge is 0.480 e. The summed E-state index contributed by atoms with van der Waals surface area (Å²) in [5.41, 5.74) is -0.0812. The molecule has 0 aromatic heterocycles. The SMILES string of the molecule is CC1(OCC(=O)O)CN(C(=O)Nc2ccc(Cl)c(Cl)c2)C1. The topological polar surface area (TPSA) is 78.9 Å². The fourth-order valence-electron chi connectivity index (χ4n) is 2.01. The van der Waals surface area contributed by atoms with Crippen LogP contribution in [0.2, 0.25) is 10.0 Å². The molecule has 0 atom stereocenters. The molecule has 0 unspecified atom stereocenters. The van der Waals surface area contributed by atoms with E-state index in [1.807, 2.05) is 0 Å². The molecule has 1 aromatic carbocycles. The van der Waals surface area contributed by atoms with Crippen LogP contribution in [0.1, 0.15) is 6.92 Å². The highest BCUT2D eigenvalue weighted by Crippen LogP contribution is 2.27. The van der Waals surface area contributed by atoms with E-state index in [0.29, 0.717) is 28.8 Å². The van der Waals surface area contributed by atoms with E-state index in [9.17, 15) is 9.59 Å². The number of ether oxygens (including phenoxy) is 1. The van der Waals surface area contributed by atoms with Crippen molar-refractivity contribution in [3.05, 3.63) is 28.2 Å². The average Bonchev–Trinajstić information content (AvgIpc) is 2.37. The predicted octanol–water partition coefficient (Wildman–Crippen LogP) is 2.70. The molecule has 1 saturated heterocycles. The van der Waals surface area contributed by atoms with Crippen LogP contribution in [0.3, 0.4) is 0 Å². The van der Waals surface area contributed by atoms with Gasteiger partial charge in [0.15, 0.2) is 0 Å². The highest BCUT2D eigenvalue weighted by Gasteiger charge is 2.42. The van der Waals surface area contributed by atoms with E-state index in [-0.39, 0.29) is 12.6 Å². The standard InChI is InChI=1S/C13H14Cl2N2O4/c1-13(21-5-11(18)19)6-17(7-13)12(20)16-8-2-3-9(14)10(15)4-8/h2-4H,5-7H2,1H3,(H,16,20)(H,18,19). The van der Waals surface area contributed by atoms with Gasteiger partial charge in [-0.25, -0.2) is 9.59 Å². The maximum atomic E-state index is 12.0. The van der Waals surface area contributed by atoms with Crippen molar-refractivity contribution in [1.82, 2.24) is 4.90 Å². The summed E-state index contributed by atoms with van der Waals surface area (Å²) in [6.07, 6.45) is 0. The molecule has 114 valence electrons. The van der Waals surface area contributed by atoms with E-state index in [2.05, 4.69) is 5.32 Å². The van der Waals surface area contributed by atoms with E-state index >= 15 is 0 Å². The molecule has 1 aliphatic heterocycles. The molecular formula is C13H14Cl2N2O4. The molecule has 8 heteroatoms. The minimum absolute atomic E-state index is 0.301. The van der Waals surface area contributed by atoms with Crippen LogP contribution in [-0.4, -0.2) is 47.3 Å². The maximum absolute atomic E-state index is 12.0. The lowest BCUT2D eigenvalue weighted by Gasteiger charge is -2.46. The van der Waals surface area contributed by atoms with Gasteiger partial charge in [0.1, 0.15) is 12.2 Å². The maximum Gasteiger partial charge on any atom is 0.329 e. The molecule has 2 rings (SSSR count). The van der Waals surface area contributed by atoms with Crippen LogP contribution in [-0.2, 0) is 9.53 Å². The molecule has 0 bridgehead atoms. The lowest BCUT2D eigenvalue weighted by molar-refractivity contribution is -0.159. The van der Waals surface area contributed by atoms with Gasteiger partial charge in [0.05, 0.1) is 23.1 Å². The number of benzene rings is 1. The third-order valence-corrected chi connectivity index (χ3v) is 3.79. The number of carboxylic acid groups (broad SMARTS) is 1. The third-order valence-electron chi connectivity index (χ3n) is 3.05. The second kappa shape index (κ2) is 6.09. The van der Waals surface area contributed by atoms with Crippen LogP contribution in [0.25, 0.3) is 0 Å². The summed E-state index contributed by atoms with van der Waals surface area (Å²) in [7, 11) is 0. The van der Waals surface area contributed by atoms with Crippen molar-refractivity contribution in [1.29, 1.82) is 0 Å². The first-order valence-corrected chi connectivity index (χ1v) is 6.91. The van der Waals surface area contributed by atoms with Crippen LogP contribution >= 0.6 is 23.2 Å². The third kappa shape index (κ3) is 4.00. The van der Waals surface area contributed by atoms with Crippen molar-refractivity contribution in [3.63, 3.8) is 0 Å². The Hall–Kier alpha value is -1.50. The van der Waals surface area contributed by atoms with Crippen molar-refractivity contribution < 1.29 is 19.4 Å². The Morgan fingerprint density at radius 3 is 2.62 bits per heavy atom. The molecule has 1 fully saturated rings. The van der Waals surface area contributed by atoms with Gasteiger partial charge in [-0.2, -0.15) is 0 Å². The van der Waals surface area contributed by atoms with Gasteiger partial charge >= 0.3 is 12.0 Å². The van der Waals surface area contributed by atoms with Gasteiger partial charge in [0.25, 0.3) is 0 Å². The number of rotatable bonds is 4. The number of hydrogen-bond donors (Lipinski definition) is 2. The molecule has 0 radical (unpaired) electrons. The summed E-state index contributed by atoms with van der Waals surface area (Å²) in [6, 6.07) is 4.49. The normalized spacial score (nSPS) is 16.2. The number of likely N-dealkylation sites (tertiary alicyclic amines) is 1. The van der Waals surface area contributed by atoms with Gasteiger partial charge in [-0.3, -0.25) is 0 Å². The first-order chi connectivity index (χ1) is 9.79. The molecule has 6 nitrogen and oxygen atoms in total. The first-order valence-electron chi connectivity index (χ1n) is 6.16. The number of nitrogens with zero attached hydrogens (tertiary/aromatic N) is 1. The Balaban J connectivity index is 1.86. The highest BCUT2D eigenvalue weighted by molar-refractivity contribution is 6.42. The molecule has 1 heterocycles. The Bertz CT molecular complexity index is 573. The van der Waals surface area contributed by atoms with Crippen molar-refractivity contribution in [2.45, 2.75) is 12.5 Å². The fraction of sp³-hybridized carbons (Fsp3) is 0.385. The zero-order chi connectivity index (χ0) is 15.6. The van der Waals surface area contributed by atoms with Crippen LogP contribution < -0.4 is 5.32 Å². The summed E-state index contributed by atoms with van der Waals surface area (Å²) < 4.78 is 5.23. The number of urea groups is 1. The molecule has 2 amide bonds. The fourth-order valence-corrected chi connectivity index (χ4v) is 2.31. The number of nitrogens with one attached hydrogen (secondary N) is 1. The van der Waals surface area contributed by atoms with E-state index in [4.69, 9.17) is 33.0 Å². The average molecular weight is 333 g/mol. The Morgan fingerprint density at radius 1 is 1.38 bits per heavy atom. The number of hydrogen-bond acceptors (Lipinski definition) is 3.